The maximum atomic E-state index is 14.3. The van der Waals surface area contributed by atoms with Crippen molar-refractivity contribution in [2.75, 3.05) is 38.6 Å². The number of rotatable bonds is 3. The summed E-state index contributed by atoms with van der Waals surface area (Å²) in [4.78, 5) is 4.71. The van der Waals surface area contributed by atoms with Crippen LogP contribution in [-0.4, -0.2) is 44.7 Å². The zero-order valence-electron chi connectivity index (χ0n) is 13.0. The standard InChI is InChI=1S/C16H26FN3/c1-12-11-19(4)9-6-10-20(12)15-8-5-7-14(17)16(15)13(2)18-3/h5,7-8,12-13,18H,6,9-11H2,1-4H3. The van der Waals surface area contributed by atoms with Crippen molar-refractivity contribution in [1.82, 2.24) is 10.2 Å². The van der Waals surface area contributed by atoms with Gasteiger partial charge in [0, 0.05) is 36.4 Å². The highest BCUT2D eigenvalue weighted by Gasteiger charge is 2.24. The van der Waals surface area contributed by atoms with Gasteiger partial charge in [0.15, 0.2) is 0 Å². The summed E-state index contributed by atoms with van der Waals surface area (Å²) in [5, 5.41) is 3.16. The van der Waals surface area contributed by atoms with Crippen LogP contribution in [0.15, 0.2) is 18.2 Å². The molecule has 2 rings (SSSR count). The third-order valence-electron chi connectivity index (χ3n) is 4.25. The van der Waals surface area contributed by atoms with Crippen molar-refractivity contribution in [1.29, 1.82) is 0 Å². The molecule has 0 bridgehead atoms. The van der Waals surface area contributed by atoms with E-state index in [0.717, 1.165) is 37.3 Å². The van der Waals surface area contributed by atoms with Crippen molar-refractivity contribution >= 4 is 5.69 Å². The van der Waals surface area contributed by atoms with Crippen molar-refractivity contribution in [3.05, 3.63) is 29.6 Å². The normalized spacial score (nSPS) is 22.6. The Morgan fingerprint density at radius 2 is 2.10 bits per heavy atom. The molecule has 2 unspecified atom stereocenters. The van der Waals surface area contributed by atoms with Crippen LogP contribution in [0.1, 0.15) is 31.9 Å². The molecule has 3 nitrogen and oxygen atoms in total. The van der Waals surface area contributed by atoms with E-state index in [1.165, 1.54) is 0 Å². The second kappa shape index (κ2) is 6.55. The zero-order chi connectivity index (χ0) is 14.7. The Bertz CT molecular complexity index is 449. The average molecular weight is 279 g/mol. The van der Waals surface area contributed by atoms with Crippen LogP contribution in [0.4, 0.5) is 10.1 Å². The van der Waals surface area contributed by atoms with Gasteiger partial charge in [-0.05, 0) is 53.0 Å². The second-order valence-corrected chi connectivity index (χ2v) is 5.84. The van der Waals surface area contributed by atoms with Gasteiger partial charge in [-0.15, -0.1) is 0 Å². The lowest BCUT2D eigenvalue weighted by Crippen LogP contribution is -2.39. The van der Waals surface area contributed by atoms with Gasteiger partial charge in [-0.1, -0.05) is 6.07 Å². The Morgan fingerprint density at radius 1 is 1.35 bits per heavy atom. The Hall–Kier alpha value is -1.13. The third-order valence-corrected chi connectivity index (χ3v) is 4.25. The van der Waals surface area contributed by atoms with Gasteiger partial charge in [0.05, 0.1) is 0 Å². The SMILES string of the molecule is CNC(C)c1c(F)cccc1N1CCCN(C)CC1C. The second-order valence-electron chi connectivity index (χ2n) is 5.84. The van der Waals surface area contributed by atoms with E-state index in [-0.39, 0.29) is 11.9 Å². The molecule has 112 valence electrons. The van der Waals surface area contributed by atoms with Gasteiger partial charge in [0.2, 0.25) is 0 Å². The maximum absolute atomic E-state index is 14.3. The zero-order valence-corrected chi connectivity index (χ0v) is 13.0. The first-order valence-electron chi connectivity index (χ1n) is 7.45. The molecule has 20 heavy (non-hydrogen) atoms. The molecule has 0 saturated carbocycles. The van der Waals surface area contributed by atoms with Crippen LogP contribution >= 0.6 is 0 Å². The number of hydrogen-bond acceptors (Lipinski definition) is 3. The molecule has 0 amide bonds. The number of likely N-dealkylation sites (N-methyl/N-ethyl adjacent to an activating group) is 1. The predicted molar refractivity (Wildman–Crippen MR) is 82.8 cm³/mol. The van der Waals surface area contributed by atoms with E-state index in [2.05, 4.69) is 29.1 Å². The van der Waals surface area contributed by atoms with E-state index >= 15 is 0 Å². The molecule has 0 aliphatic carbocycles. The lowest BCUT2D eigenvalue weighted by atomic mass is 10.0. The molecule has 0 aromatic heterocycles. The Kier molecular flexibility index (Phi) is 5.00. The Morgan fingerprint density at radius 3 is 2.80 bits per heavy atom. The average Bonchev–Trinajstić information content (AvgIpc) is 2.58. The van der Waals surface area contributed by atoms with Crippen LogP contribution in [0.25, 0.3) is 0 Å². The molecular weight excluding hydrogens is 253 g/mol. The molecule has 1 N–H and O–H groups in total. The summed E-state index contributed by atoms with van der Waals surface area (Å²) in [7, 11) is 4.03. The summed E-state index contributed by atoms with van der Waals surface area (Å²) < 4.78 is 14.3. The van der Waals surface area contributed by atoms with Gasteiger partial charge >= 0.3 is 0 Å². The number of hydrogen-bond donors (Lipinski definition) is 1. The molecule has 2 atom stereocenters. The van der Waals surface area contributed by atoms with Crippen LogP contribution in [0.2, 0.25) is 0 Å². The first kappa shape index (κ1) is 15.3. The quantitative estimate of drug-likeness (QED) is 0.917. The molecular formula is C16H26FN3. The van der Waals surface area contributed by atoms with Crippen LogP contribution in [0.5, 0.6) is 0 Å². The van der Waals surface area contributed by atoms with E-state index < -0.39 is 0 Å². The smallest absolute Gasteiger partial charge is 0.130 e. The summed E-state index contributed by atoms with van der Waals surface area (Å²) in [5.74, 6) is -0.117. The van der Waals surface area contributed by atoms with Crippen molar-refractivity contribution in [2.45, 2.75) is 32.4 Å². The number of benzene rings is 1. The van der Waals surface area contributed by atoms with Crippen LogP contribution in [0.3, 0.4) is 0 Å². The van der Waals surface area contributed by atoms with Gasteiger partial charge in [-0.2, -0.15) is 0 Å². The van der Waals surface area contributed by atoms with Crippen molar-refractivity contribution < 1.29 is 4.39 Å². The highest BCUT2D eigenvalue weighted by atomic mass is 19.1. The van der Waals surface area contributed by atoms with Crippen molar-refractivity contribution in [2.24, 2.45) is 0 Å². The monoisotopic (exact) mass is 279 g/mol. The summed E-state index contributed by atoms with van der Waals surface area (Å²) in [6, 6.07) is 5.83. The minimum Gasteiger partial charge on any atom is -0.367 e. The Labute approximate surface area is 121 Å². The first-order valence-corrected chi connectivity index (χ1v) is 7.45. The summed E-state index contributed by atoms with van der Waals surface area (Å²) in [6.45, 7) is 7.34. The fourth-order valence-corrected chi connectivity index (χ4v) is 3.08. The molecule has 1 aromatic rings. The summed E-state index contributed by atoms with van der Waals surface area (Å²) >= 11 is 0. The largest absolute Gasteiger partial charge is 0.367 e. The number of anilines is 1. The minimum absolute atomic E-state index is 0.0133. The first-order chi connectivity index (χ1) is 9.54. The number of nitrogens with one attached hydrogen (secondary N) is 1. The number of halogens is 1. The van der Waals surface area contributed by atoms with E-state index in [9.17, 15) is 4.39 Å². The van der Waals surface area contributed by atoms with E-state index in [1.807, 2.05) is 26.1 Å². The molecule has 4 heteroatoms. The van der Waals surface area contributed by atoms with Gasteiger partial charge < -0.3 is 15.1 Å². The maximum Gasteiger partial charge on any atom is 0.130 e. The van der Waals surface area contributed by atoms with Crippen LogP contribution < -0.4 is 10.2 Å². The van der Waals surface area contributed by atoms with Gasteiger partial charge in [0.25, 0.3) is 0 Å². The predicted octanol–water partition coefficient (Wildman–Crippen LogP) is 2.64. The van der Waals surface area contributed by atoms with Gasteiger partial charge in [-0.25, -0.2) is 4.39 Å². The van der Waals surface area contributed by atoms with Crippen LogP contribution in [-0.2, 0) is 0 Å². The third kappa shape index (κ3) is 3.13. The molecule has 1 aliphatic rings. The minimum atomic E-state index is -0.117. The van der Waals surface area contributed by atoms with Gasteiger partial charge in [-0.3, -0.25) is 0 Å². The lowest BCUT2D eigenvalue weighted by Gasteiger charge is -2.33. The highest BCUT2D eigenvalue weighted by Crippen LogP contribution is 2.31. The number of nitrogens with zero attached hydrogens (tertiary/aromatic N) is 2. The molecule has 0 spiro atoms. The van der Waals surface area contributed by atoms with Crippen molar-refractivity contribution in [3.8, 4) is 0 Å². The molecule has 1 aromatic carbocycles. The van der Waals surface area contributed by atoms with E-state index in [0.29, 0.717) is 6.04 Å². The molecule has 1 heterocycles. The molecule has 1 aliphatic heterocycles. The van der Waals surface area contributed by atoms with Gasteiger partial charge in [0.1, 0.15) is 5.82 Å². The molecule has 1 fully saturated rings. The lowest BCUT2D eigenvalue weighted by molar-refractivity contribution is 0.337. The highest BCUT2D eigenvalue weighted by molar-refractivity contribution is 5.56. The fourth-order valence-electron chi connectivity index (χ4n) is 3.08. The van der Waals surface area contributed by atoms with Crippen molar-refractivity contribution in [3.63, 3.8) is 0 Å². The van der Waals surface area contributed by atoms with E-state index in [1.54, 1.807) is 6.07 Å². The Balaban J connectivity index is 2.38. The fraction of sp³-hybridized carbons (Fsp3) is 0.625. The van der Waals surface area contributed by atoms with E-state index in [4.69, 9.17) is 0 Å². The topological polar surface area (TPSA) is 18.5 Å². The summed E-state index contributed by atoms with van der Waals surface area (Å²) in [6.07, 6.45) is 1.12. The molecule has 1 saturated heterocycles. The summed E-state index contributed by atoms with van der Waals surface area (Å²) in [5.41, 5.74) is 1.82. The van der Waals surface area contributed by atoms with Crippen LogP contribution in [0, 0.1) is 5.82 Å². The molecule has 0 radical (unpaired) electrons.